The van der Waals surface area contributed by atoms with Crippen molar-refractivity contribution < 1.29 is 53.1 Å². The van der Waals surface area contributed by atoms with Gasteiger partial charge < -0.3 is 33.9 Å². The molecule has 2 saturated carbocycles. The van der Waals surface area contributed by atoms with Gasteiger partial charge in [-0.2, -0.15) is 0 Å². The van der Waals surface area contributed by atoms with Crippen LogP contribution in [-0.4, -0.2) is 75.8 Å². The van der Waals surface area contributed by atoms with Crippen LogP contribution in [0, 0.1) is 34.0 Å². The van der Waals surface area contributed by atoms with Gasteiger partial charge >= 0.3 is 17.9 Å². The Bertz CT molecular complexity index is 1680. The normalized spacial score (nSPS) is 44.7. The number of benzene rings is 2. The number of esters is 3. The van der Waals surface area contributed by atoms with Crippen molar-refractivity contribution in [1.29, 1.82) is 0 Å². The van der Waals surface area contributed by atoms with E-state index < -0.39 is 93.8 Å². The molecule has 4 aliphatic heterocycles. The van der Waals surface area contributed by atoms with E-state index in [-0.39, 0.29) is 12.4 Å². The van der Waals surface area contributed by atoms with E-state index in [9.17, 15) is 29.4 Å². The zero-order valence-electron chi connectivity index (χ0n) is 26.1. The fourth-order valence-corrected chi connectivity index (χ4v) is 10.7. The highest BCUT2D eigenvalue weighted by Gasteiger charge is 3.04. The maximum atomic E-state index is 14.1. The topological polar surface area (TPSA) is 155 Å². The number of hydrogen-bond donors (Lipinski definition) is 2. The zero-order valence-corrected chi connectivity index (χ0v) is 26.1. The lowest BCUT2D eigenvalue weighted by atomic mass is 9.49. The number of ketones is 1. The van der Waals surface area contributed by atoms with Gasteiger partial charge in [0.05, 0.1) is 29.5 Å². The second kappa shape index (κ2) is 9.03. The standard InChI is InChI=1S/C35H36O11/c1-16-24-34(41,17(2)27(38)43-24)35-29(40)44-25-22(37)23(31(3,4)5)32(33(16,25)35)26(28(39)45-30(32)46-35)42-15-18-11-13-20(14-12-18)21(36)19-9-7-6-8-10-19/h6-14,16-17,22-26,30,37,41H,15H2,1-5H3/t16-,17+,22+,23-,24-,25?,26-,30?,32?,33?,34+,35-/m0/s1. The van der Waals surface area contributed by atoms with Crippen LogP contribution in [0.4, 0.5) is 0 Å². The molecule has 2 aromatic rings. The van der Waals surface area contributed by atoms with Crippen LogP contribution in [0.2, 0.25) is 0 Å². The molecule has 4 unspecified atom stereocenters. The Morgan fingerprint density at radius 1 is 0.891 bits per heavy atom. The fraction of sp³-hybridized carbons (Fsp3) is 0.543. The minimum Gasteiger partial charge on any atom is -0.459 e. The molecule has 0 amide bonds. The maximum absolute atomic E-state index is 14.1. The number of aliphatic hydroxyl groups is 2. The monoisotopic (exact) mass is 632 g/mol. The van der Waals surface area contributed by atoms with Gasteiger partial charge in [0.2, 0.25) is 11.9 Å². The van der Waals surface area contributed by atoms with Gasteiger partial charge in [-0.3, -0.25) is 9.59 Å². The van der Waals surface area contributed by atoms with Gasteiger partial charge in [-0.1, -0.05) is 82.3 Å². The lowest BCUT2D eigenvalue weighted by molar-refractivity contribution is -0.239. The lowest BCUT2D eigenvalue weighted by Gasteiger charge is -2.49. The summed E-state index contributed by atoms with van der Waals surface area (Å²) >= 11 is 0. The Balaban J connectivity index is 1.23. The van der Waals surface area contributed by atoms with Crippen LogP contribution in [0.3, 0.4) is 0 Å². The molecule has 242 valence electrons. The van der Waals surface area contributed by atoms with E-state index in [0.29, 0.717) is 16.7 Å². The smallest absolute Gasteiger partial charge is 0.343 e. The maximum Gasteiger partial charge on any atom is 0.343 e. The summed E-state index contributed by atoms with van der Waals surface area (Å²) in [7, 11) is 0. The van der Waals surface area contributed by atoms with Gasteiger partial charge in [0.15, 0.2) is 17.5 Å². The first-order valence-electron chi connectivity index (χ1n) is 15.7. The van der Waals surface area contributed by atoms with Crippen LogP contribution >= 0.6 is 0 Å². The molecule has 4 heterocycles. The summed E-state index contributed by atoms with van der Waals surface area (Å²) in [6.07, 6.45) is -6.38. The molecule has 8 rings (SSSR count). The highest BCUT2D eigenvalue weighted by atomic mass is 16.8. The third-order valence-corrected chi connectivity index (χ3v) is 12.0. The number of fused-ring (bicyclic) bond motifs is 1. The van der Waals surface area contributed by atoms with Gasteiger partial charge in [-0.05, 0) is 17.9 Å². The van der Waals surface area contributed by atoms with Gasteiger partial charge in [0, 0.05) is 23.0 Å². The van der Waals surface area contributed by atoms with Crippen molar-refractivity contribution in [2.75, 3.05) is 0 Å². The molecule has 2 N–H and O–H groups in total. The molecule has 0 bridgehead atoms. The van der Waals surface area contributed by atoms with Gasteiger partial charge in [0.25, 0.3) is 0 Å². The van der Waals surface area contributed by atoms with Crippen LogP contribution in [0.5, 0.6) is 0 Å². The van der Waals surface area contributed by atoms with Gasteiger partial charge in [-0.25, -0.2) is 9.59 Å². The minimum atomic E-state index is -2.17. The van der Waals surface area contributed by atoms with Crippen molar-refractivity contribution in [3.05, 3.63) is 71.3 Å². The first-order chi connectivity index (χ1) is 21.7. The Kier molecular flexibility index (Phi) is 5.84. The summed E-state index contributed by atoms with van der Waals surface area (Å²) in [6.45, 7) is 8.87. The van der Waals surface area contributed by atoms with Gasteiger partial charge in [-0.15, -0.1) is 0 Å². The summed E-state index contributed by atoms with van der Waals surface area (Å²) in [5.41, 5.74) is -6.41. The predicted octanol–water partition coefficient (Wildman–Crippen LogP) is 2.33. The van der Waals surface area contributed by atoms with Crippen molar-refractivity contribution in [2.45, 2.75) is 83.1 Å². The molecule has 11 nitrogen and oxygen atoms in total. The van der Waals surface area contributed by atoms with Crippen LogP contribution < -0.4 is 0 Å². The SMILES string of the molecule is C[C@@H]1C(=O)O[C@H]2[C@H](C)C34C5OC(=O)[C@@]3(OC3OC(=O)[C@H](OCc6ccc(C(=O)c7ccccc7)cc6)C34[C@H](C(C)(C)C)[C@H]5O)[C@@]12O. The van der Waals surface area contributed by atoms with Crippen molar-refractivity contribution in [3.8, 4) is 0 Å². The highest BCUT2D eigenvalue weighted by Crippen LogP contribution is 2.86. The first kappa shape index (κ1) is 29.7. The Morgan fingerprint density at radius 3 is 2.20 bits per heavy atom. The number of rotatable bonds is 5. The van der Waals surface area contributed by atoms with E-state index in [1.807, 2.05) is 26.8 Å². The van der Waals surface area contributed by atoms with E-state index >= 15 is 0 Å². The molecule has 6 aliphatic rings. The van der Waals surface area contributed by atoms with Crippen molar-refractivity contribution >= 4 is 23.7 Å². The van der Waals surface area contributed by atoms with Crippen LogP contribution in [0.1, 0.15) is 56.1 Å². The fourth-order valence-electron chi connectivity index (χ4n) is 10.7. The van der Waals surface area contributed by atoms with E-state index in [0.717, 1.165) is 0 Å². The average Bonchev–Trinajstić information content (AvgIpc) is 3.72. The molecule has 2 aliphatic carbocycles. The van der Waals surface area contributed by atoms with E-state index in [1.165, 1.54) is 6.92 Å². The first-order valence-corrected chi connectivity index (χ1v) is 15.7. The average molecular weight is 633 g/mol. The molecular formula is C35H36O11. The summed E-state index contributed by atoms with van der Waals surface area (Å²) in [5, 5.41) is 24.6. The summed E-state index contributed by atoms with van der Waals surface area (Å²) in [6, 6.07) is 15.8. The molecule has 6 fully saturated rings. The predicted molar refractivity (Wildman–Crippen MR) is 155 cm³/mol. The molecule has 0 radical (unpaired) electrons. The number of ether oxygens (including phenoxy) is 5. The van der Waals surface area contributed by atoms with Crippen LogP contribution in [0.15, 0.2) is 54.6 Å². The number of carbonyl (C=O) groups excluding carboxylic acids is 4. The Labute approximate surface area is 265 Å². The van der Waals surface area contributed by atoms with E-state index in [1.54, 1.807) is 55.5 Å². The Hall–Kier alpha value is -3.64. The quantitative estimate of drug-likeness (QED) is 0.284. The van der Waals surface area contributed by atoms with Crippen LogP contribution in [-0.2, 0) is 44.7 Å². The molecule has 11 heteroatoms. The summed E-state index contributed by atoms with van der Waals surface area (Å²) in [5.74, 6) is -5.22. The number of carbonyl (C=O) groups is 4. The van der Waals surface area contributed by atoms with E-state index in [4.69, 9.17) is 23.7 Å². The van der Waals surface area contributed by atoms with Crippen LogP contribution in [0.25, 0.3) is 0 Å². The van der Waals surface area contributed by atoms with Crippen molar-refractivity contribution in [3.63, 3.8) is 0 Å². The molecular weight excluding hydrogens is 596 g/mol. The van der Waals surface area contributed by atoms with Crippen molar-refractivity contribution in [1.82, 2.24) is 0 Å². The number of aliphatic hydroxyl groups excluding tert-OH is 1. The highest BCUT2D eigenvalue weighted by molar-refractivity contribution is 6.09. The second-order valence-electron chi connectivity index (χ2n) is 14.8. The third kappa shape index (κ3) is 2.96. The minimum absolute atomic E-state index is 0.0724. The Morgan fingerprint density at radius 2 is 1.54 bits per heavy atom. The molecule has 12 atom stereocenters. The molecule has 0 aromatic heterocycles. The van der Waals surface area contributed by atoms with E-state index in [2.05, 4.69) is 0 Å². The van der Waals surface area contributed by atoms with Gasteiger partial charge in [0.1, 0.15) is 12.2 Å². The molecule has 2 spiro atoms. The largest absolute Gasteiger partial charge is 0.459 e. The van der Waals surface area contributed by atoms with Crippen molar-refractivity contribution in [2.24, 2.45) is 34.0 Å². The summed E-state index contributed by atoms with van der Waals surface area (Å²) in [4.78, 5) is 53.7. The third-order valence-electron chi connectivity index (χ3n) is 12.0. The molecule has 2 aromatic carbocycles. The molecule has 46 heavy (non-hydrogen) atoms. The molecule has 4 saturated heterocycles. The summed E-state index contributed by atoms with van der Waals surface area (Å²) < 4.78 is 30.6. The number of hydrogen-bond acceptors (Lipinski definition) is 11. The zero-order chi connectivity index (χ0) is 32.8. The lowest BCUT2D eigenvalue weighted by Crippen LogP contribution is -2.67. The second-order valence-corrected chi connectivity index (χ2v) is 14.8.